The van der Waals surface area contributed by atoms with Crippen molar-refractivity contribution in [3.63, 3.8) is 0 Å². The fourth-order valence-electron chi connectivity index (χ4n) is 1.42. The Bertz CT molecular complexity index is 450. The molecule has 0 aliphatic rings. The predicted molar refractivity (Wildman–Crippen MR) is 75.1 cm³/mol. The number of benzene rings is 1. The van der Waals surface area contributed by atoms with Crippen molar-refractivity contribution in [1.82, 2.24) is 0 Å². The fraction of sp³-hybridized carbons (Fsp3) is 0.125. The summed E-state index contributed by atoms with van der Waals surface area (Å²) in [7, 11) is 1.67. The summed E-state index contributed by atoms with van der Waals surface area (Å²) in [4.78, 5) is 0. The van der Waals surface area contributed by atoms with Crippen molar-refractivity contribution >= 4 is 5.57 Å². The number of ether oxygens (including phenoxy) is 1. The summed E-state index contributed by atoms with van der Waals surface area (Å²) in [5, 5.41) is 0. The van der Waals surface area contributed by atoms with Crippen molar-refractivity contribution in [2.75, 3.05) is 7.11 Å². The third-order valence-electron chi connectivity index (χ3n) is 2.28. The summed E-state index contributed by atoms with van der Waals surface area (Å²) in [6.07, 6.45) is 11.8. The van der Waals surface area contributed by atoms with Gasteiger partial charge in [0.25, 0.3) is 0 Å². The third-order valence-corrected chi connectivity index (χ3v) is 2.28. The van der Waals surface area contributed by atoms with E-state index >= 15 is 0 Å². The molecule has 1 heteroatoms. The largest absolute Gasteiger partial charge is 0.497 e. The van der Waals surface area contributed by atoms with Gasteiger partial charge in [-0.1, -0.05) is 55.2 Å². The van der Waals surface area contributed by atoms with Crippen molar-refractivity contribution in [1.29, 1.82) is 0 Å². The molecule has 88 valence electrons. The fourth-order valence-corrected chi connectivity index (χ4v) is 1.42. The SMILES string of the molecule is C=C/C=C/C(=C/C=C/C)c1cccc(OC)c1. The Hall–Kier alpha value is -2.02. The minimum Gasteiger partial charge on any atom is -0.497 e. The third kappa shape index (κ3) is 4.15. The molecule has 0 atom stereocenters. The van der Waals surface area contributed by atoms with E-state index in [9.17, 15) is 0 Å². The molecule has 0 saturated heterocycles. The van der Waals surface area contributed by atoms with Gasteiger partial charge in [0.1, 0.15) is 5.75 Å². The second-order valence-electron chi connectivity index (χ2n) is 3.47. The van der Waals surface area contributed by atoms with E-state index in [4.69, 9.17) is 4.74 Å². The normalized spacial score (nSPS) is 12.2. The molecule has 0 radical (unpaired) electrons. The molecule has 0 fully saturated rings. The van der Waals surface area contributed by atoms with Crippen LogP contribution in [0.2, 0.25) is 0 Å². The van der Waals surface area contributed by atoms with Gasteiger partial charge in [0, 0.05) is 0 Å². The lowest BCUT2D eigenvalue weighted by molar-refractivity contribution is 0.414. The molecule has 0 heterocycles. The van der Waals surface area contributed by atoms with Gasteiger partial charge < -0.3 is 4.74 Å². The van der Waals surface area contributed by atoms with Crippen LogP contribution in [0.25, 0.3) is 5.57 Å². The van der Waals surface area contributed by atoms with Crippen molar-refractivity contribution in [2.24, 2.45) is 0 Å². The van der Waals surface area contributed by atoms with Gasteiger partial charge in [0.15, 0.2) is 0 Å². The Balaban J connectivity index is 3.11. The molecule has 17 heavy (non-hydrogen) atoms. The topological polar surface area (TPSA) is 9.23 Å². The van der Waals surface area contributed by atoms with E-state index in [1.54, 1.807) is 13.2 Å². The molecule has 0 aliphatic heterocycles. The zero-order valence-corrected chi connectivity index (χ0v) is 10.4. The highest BCUT2D eigenvalue weighted by Gasteiger charge is 1.98. The van der Waals surface area contributed by atoms with Crippen molar-refractivity contribution in [3.05, 3.63) is 72.9 Å². The van der Waals surface area contributed by atoms with Gasteiger partial charge in [0.05, 0.1) is 7.11 Å². The van der Waals surface area contributed by atoms with Crippen LogP contribution in [0.1, 0.15) is 12.5 Å². The van der Waals surface area contributed by atoms with Gasteiger partial charge >= 0.3 is 0 Å². The molecule has 1 aromatic rings. The first kappa shape index (κ1) is 13.0. The Labute approximate surface area is 103 Å². The Morgan fingerprint density at radius 3 is 2.76 bits per heavy atom. The Morgan fingerprint density at radius 1 is 1.29 bits per heavy atom. The highest BCUT2D eigenvalue weighted by atomic mass is 16.5. The van der Waals surface area contributed by atoms with Gasteiger partial charge in [-0.2, -0.15) is 0 Å². The molecular formula is C16H18O. The quantitative estimate of drug-likeness (QED) is 0.676. The minimum absolute atomic E-state index is 0.862. The molecule has 0 spiro atoms. The average Bonchev–Trinajstić information content (AvgIpc) is 2.39. The van der Waals surface area contributed by atoms with Crippen molar-refractivity contribution in [2.45, 2.75) is 6.92 Å². The van der Waals surface area contributed by atoms with Crippen LogP contribution in [-0.4, -0.2) is 7.11 Å². The molecule has 0 aromatic heterocycles. The van der Waals surface area contributed by atoms with Crippen LogP contribution in [0.5, 0.6) is 5.75 Å². The van der Waals surface area contributed by atoms with Gasteiger partial charge in [-0.3, -0.25) is 0 Å². The summed E-state index contributed by atoms with van der Waals surface area (Å²) in [6, 6.07) is 8.00. The number of rotatable bonds is 5. The lowest BCUT2D eigenvalue weighted by Gasteiger charge is -2.05. The van der Waals surface area contributed by atoms with Gasteiger partial charge in [-0.25, -0.2) is 0 Å². The maximum Gasteiger partial charge on any atom is 0.119 e. The minimum atomic E-state index is 0.862. The van der Waals surface area contributed by atoms with E-state index < -0.39 is 0 Å². The predicted octanol–water partition coefficient (Wildman–Crippen LogP) is 4.40. The monoisotopic (exact) mass is 226 g/mol. The van der Waals surface area contributed by atoms with Crippen LogP contribution in [0.4, 0.5) is 0 Å². The summed E-state index contributed by atoms with van der Waals surface area (Å²) >= 11 is 0. The molecule has 0 saturated carbocycles. The summed E-state index contributed by atoms with van der Waals surface area (Å²) in [5.74, 6) is 0.862. The Morgan fingerprint density at radius 2 is 2.12 bits per heavy atom. The first-order chi connectivity index (χ1) is 8.31. The average molecular weight is 226 g/mol. The maximum absolute atomic E-state index is 5.22. The van der Waals surface area contributed by atoms with Crippen LogP contribution in [0.3, 0.4) is 0 Å². The highest BCUT2D eigenvalue weighted by Crippen LogP contribution is 2.21. The summed E-state index contributed by atoms with van der Waals surface area (Å²) < 4.78 is 5.22. The molecule has 1 nitrogen and oxygen atoms in total. The maximum atomic E-state index is 5.22. The van der Waals surface area contributed by atoms with E-state index in [1.807, 2.05) is 49.4 Å². The van der Waals surface area contributed by atoms with E-state index in [1.165, 1.54) is 0 Å². The van der Waals surface area contributed by atoms with E-state index in [0.717, 1.165) is 16.9 Å². The Kier molecular flexibility index (Phi) is 5.59. The number of hydrogen-bond donors (Lipinski definition) is 0. The second-order valence-corrected chi connectivity index (χ2v) is 3.47. The molecule has 0 unspecified atom stereocenters. The molecular weight excluding hydrogens is 208 g/mol. The van der Waals surface area contributed by atoms with E-state index in [0.29, 0.717) is 0 Å². The van der Waals surface area contributed by atoms with Crippen LogP contribution in [0.15, 0.2) is 67.3 Å². The lowest BCUT2D eigenvalue weighted by atomic mass is 10.0. The van der Waals surface area contributed by atoms with Crippen LogP contribution in [0, 0.1) is 0 Å². The molecule has 0 N–H and O–H groups in total. The standard InChI is InChI=1S/C16H18O/c1-4-6-9-14(10-7-5-2)15-11-8-12-16(13-15)17-3/h4-13H,1H2,2-3H3/b7-5+,9-6+,14-10-. The molecule has 0 bridgehead atoms. The number of hydrogen-bond acceptors (Lipinski definition) is 1. The lowest BCUT2D eigenvalue weighted by Crippen LogP contribution is -1.85. The first-order valence-electron chi connectivity index (χ1n) is 5.58. The van der Waals surface area contributed by atoms with Crippen molar-refractivity contribution < 1.29 is 4.74 Å². The second kappa shape index (κ2) is 7.29. The van der Waals surface area contributed by atoms with E-state index in [-0.39, 0.29) is 0 Å². The summed E-state index contributed by atoms with van der Waals surface area (Å²) in [6.45, 7) is 5.68. The van der Waals surface area contributed by atoms with Crippen molar-refractivity contribution in [3.8, 4) is 5.75 Å². The van der Waals surface area contributed by atoms with E-state index in [2.05, 4.69) is 18.7 Å². The van der Waals surface area contributed by atoms with Crippen LogP contribution < -0.4 is 4.74 Å². The smallest absolute Gasteiger partial charge is 0.119 e. The molecule has 1 rings (SSSR count). The first-order valence-corrected chi connectivity index (χ1v) is 5.58. The van der Waals surface area contributed by atoms with Crippen LogP contribution in [-0.2, 0) is 0 Å². The molecule has 0 amide bonds. The molecule has 0 aliphatic carbocycles. The number of methoxy groups -OCH3 is 1. The van der Waals surface area contributed by atoms with Gasteiger partial charge in [0.2, 0.25) is 0 Å². The number of allylic oxidation sites excluding steroid dienone is 7. The highest BCUT2D eigenvalue weighted by molar-refractivity contribution is 5.76. The van der Waals surface area contributed by atoms with Gasteiger partial charge in [-0.15, -0.1) is 0 Å². The zero-order valence-electron chi connectivity index (χ0n) is 10.4. The zero-order chi connectivity index (χ0) is 12.5. The van der Waals surface area contributed by atoms with Crippen LogP contribution >= 0.6 is 0 Å². The summed E-state index contributed by atoms with van der Waals surface area (Å²) in [5.41, 5.74) is 2.25. The van der Waals surface area contributed by atoms with Gasteiger partial charge in [-0.05, 0) is 30.2 Å². The molecule has 1 aromatic carbocycles.